The van der Waals surface area contributed by atoms with Gasteiger partial charge in [0.1, 0.15) is 18.7 Å². The number of anilines is 1. The van der Waals surface area contributed by atoms with Crippen LogP contribution in [0.2, 0.25) is 0 Å². The van der Waals surface area contributed by atoms with Gasteiger partial charge in [0.05, 0.1) is 17.5 Å². The molecule has 9 nitrogen and oxygen atoms in total. The minimum absolute atomic E-state index is 0.0727. The molecule has 5 rings (SSSR count). The second-order valence-electron chi connectivity index (χ2n) is 7.25. The second-order valence-corrected chi connectivity index (χ2v) is 8.10. The first-order valence-electron chi connectivity index (χ1n) is 9.72. The van der Waals surface area contributed by atoms with Crippen LogP contribution in [0.1, 0.15) is 31.5 Å². The average molecular weight is 471 g/mol. The zero-order valence-electron chi connectivity index (χ0n) is 16.5. The Kier molecular flexibility index (Phi) is 4.65. The van der Waals surface area contributed by atoms with Crippen LogP contribution in [0.15, 0.2) is 33.5 Å². The van der Waals surface area contributed by atoms with Crippen LogP contribution in [0.4, 0.5) is 5.82 Å². The summed E-state index contributed by atoms with van der Waals surface area (Å²) in [5.41, 5.74) is 1.99. The highest BCUT2D eigenvalue weighted by Gasteiger charge is 2.30. The van der Waals surface area contributed by atoms with E-state index in [4.69, 9.17) is 14.2 Å². The van der Waals surface area contributed by atoms with Gasteiger partial charge in [0, 0.05) is 17.4 Å². The molecule has 0 atom stereocenters. The second kappa shape index (κ2) is 7.35. The summed E-state index contributed by atoms with van der Waals surface area (Å²) < 4.78 is 13.3. The minimum Gasteiger partial charge on any atom is -0.465 e. The number of benzene rings is 1. The van der Waals surface area contributed by atoms with Crippen LogP contribution in [-0.2, 0) is 9.53 Å². The Morgan fingerprint density at radius 2 is 2.20 bits per heavy atom. The number of aromatic nitrogens is 5. The molecular formula is C20H19BrN6O3. The number of fused-ring (bicyclic) bond motifs is 3. The predicted molar refractivity (Wildman–Crippen MR) is 113 cm³/mol. The number of likely N-dealkylation sites (N-methyl/N-ethyl adjacent to an activating group) is 1. The maximum Gasteiger partial charge on any atom is 0.325 e. The molecule has 0 N–H and O–H groups in total. The molecule has 0 unspecified atom stereocenters. The topological polar surface area (TPSA) is 98.7 Å². The molecule has 1 saturated carbocycles. The summed E-state index contributed by atoms with van der Waals surface area (Å²) in [6.07, 6.45) is 3.87. The van der Waals surface area contributed by atoms with Crippen LogP contribution in [0.3, 0.4) is 0 Å². The van der Waals surface area contributed by atoms with E-state index in [1.807, 2.05) is 29.6 Å². The molecule has 0 amide bonds. The summed E-state index contributed by atoms with van der Waals surface area (Å²) in [4.78, 5) is 27.7. The quantitative estimate of drug-likeness (QED) is 0.394. The van der Waals surface area contributed by atoms with Crippen molar-refractivity contribution in [3.8, 4) is 11.6 Å². The Morgan fingerprint density at radius 1 is 1.37 bits per heavy atom. The van der Waals surface area contributed by atoms with Crippen molar-refractivity contribution in [2.24, 2.45) is 0 Å². The van der Waals surface area contributed by atoms with Gasteiger partial charge in [0.15, 0.2) is 17.2 Å². The molecule has 1 fully saturated rings. The Bertz CT molecular complexity index is 1260. The van der Waals surface area contributed by atoms with E-state index in [0.29, 0.717) is 41.4 Å². The lowest BCUT2D eigenvalue weighted by Gasteiger charge is -2.20. The van der Waals surface area contributed by atoms with Gasteiger partial charge < -0.3 is 14.2 Å². The molecule has 154 valence electrons. The van der Waals surface area contributed by atoms with Crippen LogP contribution < -0.4 is 4.90 Å². The van der Waals surface area contributed by atoms with Crippen LogP contribution in [-0.4, -0.2) is 50.7 Å². The van der Waals surface area contributed by atoms with E-state index in [-0.39, 0.29) is 12.5 Å². The van der Waals surface area contributed by atoms with Gasteiger partial charge in [0.2, 0.25) is 0 Å². The van der Waals surface area contributed by atoms with E-state index in [0.717, 1.165) is 28.2 Å². The zero-order valence-corrected chi connectivity index (χ0v) is 18.1. The molecule has 1 aliphatic carbocycles. The van der Waals surface area contributed by atoms with Gasteiger partial charge in [-0.1, -0.05) is 11.2 Å². The number of esters is 1. The monoisotopic (exact) mass is 470 g/mol. The molecule has 3 heterocycles. The van der Waals surface area contributed by atoms with E-state index in [9.17, 15) is 4.79 Å². The molecule has 10 heteroatoms. The molecule has 1 aromatic carbocycles. The molecule has 0 aliphatic heterocycles. The van der Waals surface area contributed by atoms with Gasteiger partial charge in [-0.15, -0.1) is 0 Å². The van der Waals surface area contributed by atoms with Crippen molar-refractivity contribution in [1.29, 1.82) is 0 Å². The third-order valence-electron chi connectivity index (χ3n) is 5.05. The number of ether oxygens (including phenoxy) is 1. The zero-order chi connectivity index (χ0) is 20.8. The van der Waals surface area contributed by atoms with Crippen LogP contribution in [0.5, 0.6) is 0 Å². The van der Waals surface area contributed by atoms with E-state index in [2.05, 4.69) is 31.1 Å². The number of nitrogens with zero attached hydrogens (tertiary/aromatic N) is 6. The first-order chi connectivity index (χ1) is 14.6. The van der Waals surface area contributed by atoms with Gasteiger partial charge in [-0.25, -0.2) is 9.97 Å². The number of carbonyl (C=O) groups is 1. The maximum atomic E-state index is 12.1. The fourth-order valence-electron chi connectivity index (χ4n) is 3.46. The predicted octanol–water partition coefficient (Wildman–Crippen LogP) is 3.57. The Balaban J connectivity index is 1.67. The molecule has 4 aromatic rings. The number of halogens is 1. The van der Waals surface area contributed by atoms with Crippen molar-refractivity contribution >= 4 is 44.3 Å². The van der Waals surface area contributed by atoms with Crippen molar-refractivity contribution in [2.45, 2.75) is 25.7 Å². The summed E-state index contributed by atoms with van der Waals surface area (Å²) in [7, 11) is 1.81. The number of imidazole rings is 1. The van der Waals surface area contributed by atoms with Gasteiger partial charge in [0.25, 0.3) is 5.89 Å². The third-order valence-corrected chi connectivity index (χ3v) is 5.71. The highest BCUT2D eigenvalue weighted by atomic mass is 79.9. The lowest BCUT2D eigenvalue weighted by molar-refractivity contribution is -0.141. The van der Waals surface area contributed by atoms with Gasteiger partial charge >= 0.3 is 5.97 Å². The summed E-state index contributed by atoms with van der Waals surface area (Å²) in [6, 6.07) is 5.86. The Labute approximate surface area is 180 Å². The third kappa shape index (κ3) is 3.20. The SMILES string of the molecule is CCOC(=O)CN(C)c1nc2c(-c3nc(C4CC4)no3)ncn2c2cccc(Br)c12. The molecule has 0 spiro atoms. The molecule has 0 saturated heterocycles. The molecule has 1 aliphatic rings. The molecular weight excluding hydrogens is 452 g/mol. The van der Waals surface area contributed by atoms with Crippen molar-refractivity contribution in [2.75, 3.05) is 25.1 Å². The Hall–Kier alpha value is -3.01. The lowest BCUT2D eigenvalue weighted by atomic mass is 10.2. The number of rotatable bonds is 6. The van der Waals surface area contributed by atoms with E-state index in [1.165, 1.54) is 0 Å². The highest BCUT2D eigenvalue weighted by molar-refractivity contribution is 9.10. The number of carbonyl (C=O) groups excluding carboxylic acids is 1. The maximum absolute atomic E-state index is 12.1. The highest BCUT2D eigenvalue weighted by Crippen LogP contribution is 2.39. The van der Waals surface area contributed by atoms with Crippen molar-refractivity contribution < 1.29 is 14.1 Å². The van der Waals surface area contributed by atoms with E-state index < -0.39 is 0 Å². The van der Waals surface area contributed by atoms with Crippen molar-refractivity contribution in [3.05, 3.63) is 34.8 Å². The largest absolute Gasteiger partial charge is 0.465 e. The fourth-order valence-corrected chi connectivity index (χ4v) is 3.99. The van der Waals surface area contributed by atoms with Crippen molar-refractivity contribution in [3.63, 3.8) is 0 Å². The van der Waals surface area contributed by atoms with Gasteiger partial charge in [-0.3, -0.25) is 9.20 Å². The molecule has 30 heavy (non-hydrogen) atoms. The van der Waals surface area contributed by atoms with Gasteiger partial charge in [-0.2, -0.15) is 4.98 Å². The summed E-state index contributed by atoms with van der Waals surface area (Å²) >= 11 is 3.62. The fraction of sp³-hybridized carbons (Fsp3) is 0.350. The van der Waals surface area contributed by atoms with E-state index in [1.54, 1.807) is 18.2 Å². The van der Waals surface area contributed by atoms with Crippen LogP contribution >= 0.6 is 15.9 Å². The summed E-state index contributed by atoms with van der Waals surface area (Å²) in [6.45, 7) is 2.19. The van der Waals surface area contributed by atoms with Gasteiger partial charge in [-0.05, 0) is 47.8 Å². The number of hydrogen-bond acceptors (Lipinski definition) is 8. The smallest absolute Gasteiger partial charge is 0.325 e. The van der Waals surface area contributed by atoms with Crippen LogP contribution in [0.25, 0.3) is 28.1 Å². The minimum atomic E-state index is -0.318. The lowest BCUT2D eigenvalue weighted by Crippen LogP contribution is -2.28. The molecule has 3 aromatic heterocycles. The summed E-state index contributed by atoms with van der Waals surface area (Å²) in [5, 5.41) is 4.96. The first kappa shape index (κ1) is 19.0. The van der Waals surface area contributed by atoms with Crippen molar-refractivity contribution in [1.82, 2.24) is 24.5 Å². The Morgan fingerprint density at radius 3 is 2.97 bits per heavy atom. The first-order valence-corrected chi connectivity index (χ1v) is 10.5. The molecule has 0 radical (unpaired) electrons. The normalized spacial score (nSPS) is 13.8. The number of hydrogen-bond donors (Lipinski definition) is 0. The molecule has 0 bridgehead atoms. The van der Waals surface area contributed by atoms with E-state index >= 15 is 0 Å². The van der Waals surface area contributed by atoms with Crippen LogP contribution in [0, 0.1) is 0 Å². The summed E-state index contributed by atoms with van der Waals surface area (Å²) in [5.74, 6) is 1.75. The average Bonchev–Trinajstić information content (AvgIpc) is 3.30. The standard InChI is InChI=1S/C20H19BrN6O3/c1-3-29-14(28)9-26(2)18-15-12(21)5-4-6-13(15)27-10-22-16(19(27)24-18)20-23-17(25-30-20)11-7-8-11/h4-6,10-11H,3,7-9H2,1-2H3.